The molecular weight excluding hydrogens is 451 g/mol. The van der Waals surface area contributed by atoms with Gasteiger partial charge in [0.15, 0.2) is 0 Å². The maximum atomic E-state index is 12.3. The molecule has 0 unspecified atom stereocenters. The molecule has 0 spiro atoms. The van der Waals surface area contributed by atoms with Gasteiger partial charge in [-0.2, -0.15) is 5.10 Å². The average molecular weight is 467 g/mol. The van der Waals surface area contributed by atoms with Crippen LogP contribution >= 0.6 is 23.2 Å². The molecule has 0 aliphatic heterocycles. The van der Waals surface area contributed by atoms with Gasteiger partial charge >= 0.3 is 0 Å². The largest absolute Gasteiger partial charge is 0.342 e. The van der Waals surface area contributed by atoms with E-state index in [4.69, 9.17) is 23.2 Å². The third-order valence-electron chi connectivity index (χ3n) is 4.87. The van der Waals surface area contributed by atoms with Gasteiger partial charge in [0.05, 0.1) is 21.2 Å². The molecule has 1 heterocycles. The Labute approximate surface area is 193 Å². The van der Waals surface area contributed by atoms with Crippen molar-refractivity contribution in [1.82, 2.24) is 9.99 Å². The Kier molecular flexibility index (Phi) is 6.20. The van der Waals surface area contributed by atoms with Gasteiger partial charge in [-0.15, -0.1) is 0 Å². The molecule has 9 heteroatoms. The molecule has 4 aromatic rings. The van der Waals surface area contributed by atoms with Crippen LogP contribution in [0.1, 0.15) is 21.5 Å². The van der Waals surface area contributed by atoms with Crippen molar-refractivity contribution in [2.45, 2.75) is 6.54 Å². The van der Waals surface area contributed by atoms with E-state index >= 15 is 0 Å². The van der Waals surface area contributed by atoms with Crippen LogP contribution in [0.25, 0.3) is 10.9 Å². The number of fused-ring (bicyclic) bond motifs is 1. The van der Waals surface area contributed by atoms with Crippen molar-refractivity contribution >= 4 is 51.9 Å². The number of carbonyl (C=O) groups is 1. The topological polar surface area (TPSA) is 89.5 Å². The third kappa shape index (κ3) is 4.64. The number of non-ortho nitro benzene ring substituents is 1. The smallest absolute Gasteiger partial charge is 0.271 e. The molecule has 1 N–H and O–H groups in total. The van der Waals surface area contributed by atoms with E-state index in [0.29, 0.717) is 16.6 Å². The molecule has 0 saturated carbocycles. The lowest BCUT2D eigenvalue weighted by atomic mass is 10.2. The molecule has 1 aromatic heterocycles. The molecule has 0 radical (unpaired) electrons. The van der Waals surface area contributed by atoms with Crippen LogP contribution in [-0.4, -0.2) is 21.6 Å². The minimum atomic E-state index is -0.520. The number of aromatic nitrogens is 1. The summed E-state index contributed by atoms with van der Waals surface area (Å²) in [6, 6.07) is 18.7. The van der Waals surface area contributed by atoms with Gasteiger partial charge in [-0.1, -0.05) is 47.5 Å². The molecule has 160 valence electrons. The summed E-state index contributed by atoms with van der Waals surface area (Å²) in [5.74, 6) is -0.462. The molecule has 4 rings (SSSR count). The fraction of sp³-hybridized carbons (Fsp3) is 0.0435. The van der Waals surface area contributed by atoms with Crippen molar-refractivity contribution in [1.29, 1.82) is 0 Å². The SMILES string of the molecule is O=C(N/N=C/c1cn(Cc2ccc(Cl)c(Cl)c2)c2ccccc12)c1ccc([N+](=O)[O-])cc1. The zero-order valence-electron chi connectivity index (χ0n) is 16.5. The minimum absolute atomic E-state index is 0.0835. The van der Waals surface area contributed by atoms with E-state index in [-0.39, 0.29) is 11.3 Å². The second-order valence-electron chi connectivity index (χ2n) is 6.98. The normalized spacial score (nSPS) is 11.2. The third-order valence-corrected chi connectivity index (χ3v) is 5.61. The molecule has 7 nitrogen and oxygen atoms in total. The van der Waals surface area contributed by atoms with Crippen LogP contribution in [0.3, 0.4) is 0 Å². The summed E-state index contributed by atoms with van der Waals surface area (Å²) in [5.41, 5.74) is 5.46. The number of hydrogen-bond donors (Lipinski definition) is 1. The maximum Gasteiger partial charge on any atom is 0.271 e. The lowest BCUT2D eigenvalue weighted by Gasteiger charge is -2.06. The number of benzene rings is 3. The van der Waals surface area contributed by atoms with Gasteiger partial charge in [0.2, 0.25) is 0 Å². The van der Waals surface area contributed by atoms with Crippen LogP contribution < -0.4 is 5.43 Å². The van der Waals surface area contributed by atoms with Crippen molar-refractivity contribution in [3.8, 4) is 0 Å². The molecule has 0 aliphatic rings. The Bertz CT molecular complexity index is 1350. The summed E-state index contributed by atoms with van der Waals surface area (Å²) in [6.45, 7) is 0.584. The highest BCUT2D eigenvalue weighted by molar-refractivity contribution is 6.42. The van der Waals surface area contributed by atoms with E-state index in [1.54, 1.807) is 12.3 Å². The van der Waals surface area contributed by atoms with Crippen molar-refractivity contribution in [2.75, 3.05) is 0 Å². The second-order valence-corrected chi connectivity index (χ2v) is 7.80. The first-order chi connectivity index (χ1) is 15.4. The number of carbonyl (C=O) groups excluding carboxylic acids is 1. The fourth-order valence-electron chi connectivity index (χ4n) is 3.30. The molecule has 0 aliphatic carbocycles. The van der Waals surface area contributed by atoms with Crippen LogP contribution in [0.15, 0.2) is 78.0 Å². The van der Waals surface area contributed by atoms with E-state index in [9.17, 15) is 14.9 Å². The second kappa shape index (κ2) is 9.21. The lowest BCUT2D eigenvalue weighted by molar-refractivity contribution is -0.384. The van der Waals surface area contributed by atoms with E-state index in [0.717, 1.165) is 22.0 Å². The number of hydrazone groups is 1. The predicted molar refractivity (Wildman–Crippen MR) is 126 cm³/mol. The monoisotopic (exact) mass is 466 g/mol. The number of nitrogens with one attached hydrogen (secondary N) is 1. The molecule has 0 fully saturated rings. The highest BCUT2D eigenvalue weighted by Gasteiger charge is 2.10. The quantitative estimate of drug-likeness (QED) is 0.225. The molecular formula is C23H16Cl2N4O3. The molecule has 32 heavy (non-hydrogen) atoms. The summed E-state index contributed by atoms with van der Waals surface area (Å²) in [6.07, 6.45) is 3.51. The summed E-state index contributed by atoms with van der Waals surface area (Å²) in [4.78, 5) is 22.5. The fourth-order valence-corrected chi connectivity index (χ4v) is 3.62. The van der Waals surface area contributed by atoms with Gasteiger partial charge in [0, 0.05) is 46.9 Å². The van der Waals surface area contributed by atoms with Gasteiger partial charge in [-0.25, -0.2) is 5.43 Å². The summed E-state index contributed by atoms with van der Waals surface area (Å²) < 4.78 is 2.06. The Balaban J connectivity index is 1.54. The maximum absolute atomic E-state index is 12.3. The molecule has 0 saturated heterocycles. The van der Waals surface area contributed by atoms with Crippen LogP contribution in [0.2, 0.25) is 10.0 Å². The first kappa shape index (κ1) is 21.5. The van der Waals surface area contributed by atoms with Gasteiger partial charge in [-0.3, -0.25) is 14.9 Å². The number of amides is 1. The standard InChI is InChI=1S/C23H16Cl2N4O3/c24-20-10-5-15(11-21(20)25)13-28-14-17(19-3-1-2-4-22(19)28)12-26-27-23(30)16-6-8-18(9-7-16)29(31)32/h1-12,14H,13H2,(H,27,30)/b26-12+. The first-order valence-electron chi connectivity index (χ1n) is 9.52. The molecule has 1 amide bonds. The van der Waals surface area contributed by atoms with E-state index in [1.165, 1.54) is 24.3 Å². The summed E-state index contributed by atoms with van der Waals surface area (Å²) in [7, 11) is 0. The van der Waals surface area contributed by atoms with E-state index < -0.39 is 10.8 Å². The van der Waals surface area contributed by atoms with Crippen molar-refractivity contribution in [3.05, 3.63) is 110 Å². The van der Waals surface area contributed by atoms with E-state index in [2.05, 4.69) is 15.1 Å². The minimum Gasteiger partial charge on any atom is -0.342 e. The Hall–Kier alpha value is -3.68. The number of nitro groups is 1. The zero-order chi connectivity index (χ0) is 22.7. The Morgan fingerprint density at radius 3 is 2.53 bits per heavy atom. The average Bonchev–Trinajstić information content (AvgIpc) is 3.14. The molecule has 0 atom stereocenters. The number of halogens is 2. The predicted octanol–water partition coefficient (Wildman–Crippen LogP) is 5.67. The highest BCUT2D eigenvalue weighted by atomic mass is 35.5. The van der Waals surface area contributed by atoms with Crippen molar-refractivity contribution in [3.63, 3.8) is 0 Å². The first-order valence-corrected chi connectivity index (χ1v) is 10.3. The molecule has 3 aromatic carbocycles. The summed E-state index contributed by atoms with van der Waals surface area (Å²) in [5, 5.41) is 16.8. The van der Waals surface area contributed by atoms with Gasteiger partial charge in [0.25, 0.3) is 11.6 Å². The van der Waals surface area contributed by atoms with Gasteiger partial charge < -0.3 is 4.57 Å². The van der Waals surface area contributed by atoms with Crippen LogP contribution in [0.5, 0.6) is 0 Å². The lowest BCUT2D eigenvalue weighted by Crippen LogP contribution is -2.17. The Morgan fingerprint density at radius 2 is 1.81 bits per heavy atom. The Morgan fingerprint density at radius 1 is 1.06 bits per heavy atom. The van der Waals surface area contributed by atoms with Crippen LogP contribution in [0, 0.1) is 10.1 Å². The number of nitrogens with zero attached hydrogens (tertiary/aromatic N) is 3. The van der Waals surface area contributed by atoms with Crippen LogP contribution in [0.4, 0.5) is 5.69 Å². The van der Waals surface area contributed by atoms with Crippen molar-refractivity contribution < 1.29 is 9.72 Å². The van der Waals surface area contributed by atoms with E-state index in [1.807, 2.05) is 42.6 Å². The molecule has 0 bridgehead atoms. The van der Waals surface area contributed by atoms with Crippen LogP contribution in [-0.2, 0) is 6.54 Å². The van der Waals surface area contributed by atoms with Gasteiger partial charge in [-0.05, 0) is 35.9 Å². The zero-order valence-corrected chi connectivity index (χ0v) is 18.0. The number of nitro benzene ring substituents is 1. The number of para-hydroxylation sites is 1. The van der Waals surface area contributed by atoms with Crippen molar-refractivity contribution in [2.24, 2.45) is 5.10 Å². The number of rotatable bonds is 6. The summed E-state index contributed by atoms with van der Waals surface area (Å²) >= 11 is 12.2. The van der Waals surface area contributed by atoms with Gasteiger partial charge in [0.1, 0.15) is 0 Å². The number of hydrogen-bond acceptors (Lipinski definition) is 4. The highest BCUT2D eigenvalue weighted by Crippen LogP contribution is 2.25.